The number of rotatable bonds is 2. The molecule has 5 heteroatoms. The molecule has 0 aromatic heterocycles. The van der Waals surface area contributed by atoms with E-state index in [1.54, 1.807) is 12.1 Å². The number of aliphatic carboxylic acids is 1. The van der Waals surface area contributed by atoms with Crippen LogP contribution in [0.15, 0.2) is 24.3 Å². The minimum atomic E-state index is -1.66. The van der Waals surface area contributed by atoms with Gasteiger partial charge in [0.2, 0.25) is 0 Å². The van der Waals surface area contributed by atoms with Gasteiger partial charge in [0.15, 0.2) is 6.10 Å². The van der Waals surface area contributed by atoms with Crippen LogP contribution in [0, 0.1) is 0 Å². The number of aliphatic hydroxyl groups is 1. The Hall–Kier alpha value is -0.550. The zero-order valence-electron chi connectivity index (χ0n) is 6.14. The van der Waals surface area contributed by atoms with Crippen LogP contribution in [-0.4, -0.2) is 50.8 Å². The fourth-order valence-electron chi connectivity index (χ4n) is 0.852. The van der Waals surface area contributed by atoms with E-state index >= 15 is 0 Å². The van der Waals surface area contributed by atoms with Gasteiger partial charge in [0.05, 0.1) is 0 Å². The van der Waals surface area contributed by atoms with Crippen molar-refractivity contribution in [3.05, 3.63) is 29.8 Å². The number of carboxylic acids is 1. The molecule has 0 spiro atoms. The third-order valence-electron chi connectivity index (χ3n) is 1.47. The van der Waals surface area contributed by atoms with Crippen molar-refractivity contribution in [1.82, 2.24) is 0 Å². The SMILES string of the molecule is O=C(O)C(O)c1ccccc1O.[NaH]. The van der Waals surface area contributed by atoms with Gasteiger partial charge in [-0.05, 0) is 6.07 Å². The van der Waals surface area contributed by atoms with Crippen molar-refractivity contribution >= 4 is 35.5 Å². The van der Waals surface area contributed by atoms with E-state index in [4.69, 9.17) is 15.3 Å². The van der Waals surface area contributed by atoms with E-state index in [-0.39, 0.29) is 40.9 Å². The molecular formula is C8H9NaO4. The van der Waals surface area contributed by atoms with Crippen LogP contribution in [0.3, 0.4) is 0 Å². The second-order valence-electron chi connectivity index (χ2n) is 2.30. The van der Waals surface area contributed by atoms with Crippen molar-refractivity contribution in [2.45, 2.75) is 6.10 Å². The van der Waals surface area contributed by atoms with Crippen molar-refractivity contribution in [2.24, 2.45) is 0 Å². The van der Waals surface area contributed by atoms with Crippen molar-refractivity contribution in [2.75, 3.05) is 0 Å². The molecule has 0 saturated heterocycles. The summed E-state index contributed by atoms with van der Waals surface area (Å²) in [5.41, 5.74) is 0.00463. The fraction of sp³-hybridized carbons (Fsp3) is 0.125. The molecule has 0 aliphatic heterocycles. The third kappa shape index (κ3) is 3.00. The van der Waals surface area contributed by atoms with Gasteiger partial charge in [-0.2, -0.15) is 0 Å². The number of hydrogen-bond acceptors (Lipinski definition) is 3. The zero-order chi connectivity index (χ0) is 9.14. The Balaban J connectivity index is 0.00000144. The Kier molecular flexibility index (Phi) is 5.02. The summed E-state index contributed by atoms with van der Waals surface area (Å²) in [5.74, 6) is -1.59. The third-order valence-corrected chi connectivity index (χ3v) is 1.47. The van der Waals surface area contributed by atoms with Crippen molar-refractivity contribution in [3.63, 3.8) is 0 Å². The molecule has 0 heterocycles. The van der Waals surface area contributed by atoms with Gasteiger partial charge in [0, 0.05) is 5.56 Å². The Bertz CT molecular complexity index is 300. The van der Waals surface area contributed by atoms with Crippen molar-refractivity contribution in [3.8, 4) is 5.75 Å². The van der Waals surface area contributed by atoms with Gasteiger partial charge >= 0.3 is 35.5 Å². The molecule has 4 nitrogen and oxygen atoms in total. The molecule has 0 radical (unpaired) electrons. The Morgan fingerprint density at radius 3 is 2.31 bits per heavy atom. The van der Waals surface area contributed by atoms with E-state index in [2.05, 4.69) is 0 Å². The molecule has 0 saturated carbocycles. The van der Waals surface area contributed by atoms with E-state index in [1.807, 2.05) is 0 Å². The summed E-state index contributed by atoms with van der Waals surface area (Å²) in [4.78, 5) is 10.3. The summed E-state index contributed by atoms with van der Waals surface area (Å²) < 4.78 is 0. The molecule has 3 N–H and O–H groups in total. The van der Waals surface area contributed by atoms with Gasteiger partial charge in [-0.15, -0.1) is 0 Å². The molecule has 0 amide bonds. The number of aromatic hydroxyl groups is 1. The maximum atomic E-state index is 10.3. The number of phenols is 1. The number of carbonyl (C=O) groups is 1. The first-order chi connectivity index (χ1) is 5.63. The molecule has 1 aromatic carbocycles. The van der Waals surface area contributed by atoms with Crippen LogP contribution in [0.4, 0.5) is 0 Å². The van der Waals surface area contributed by atoms with Crippen LogP contribution < -0.4 is 0 Å². The van der Waals surface area contributed by atoms with Gasteiger partial charge in [-0.25, -0.2) is 4.79 Å². The van der Waals surface area contributed by atoms with Gasteiger partial charge in [0.25, 0.3) is 0 Å². The van der Waals surface area contributed by atoms with Crippen LogP contribution in [0.25, 0.3) is 0 Å². The molecule has 1 rings (SSSR count). The van der Waals surface area contributed by atoms with E-state index in [0.29, 0.717) is 0 Å². The monoisotopic (exact) mass is 192 g/mol. The molecule has 0 fully saturated rings. The summed E-state index contributed by atoms with van der Waals surface area (Å²) in [6.07, 6.45) is -1.66. The van der Waals surface area contributed by atoms with Crippen LogP contribution in [0.1, 0.15) is 11.7 Å². The van der Waals surface area contributed by atoms with E-state index < -0.39 is 12.1 Å². The molecule has 0 bridgehead atoms. The second kappa shape index (κ2) is 5.24. The molecule has 0 aliphatic rings. The average Bonchev–Trinajstić information content (AvgIpc) is 2.04. The number of benzene rings is 1. The van der Waals surface area contributed by atoms with Crippen molar-refractivity contribution in [1.29, 1.82) is 0 Å². The van der Waals surface area contributed by atoms with Crippen LogP contribution in [-0.2, 0) is 4.79 Å². The molecule has 66 valence electrons. The quantitative estimate of drug-likeness (QED) is 0.570. The van der Waals surface area contributed by atoms with E-state index in [1.165, 1.54) is 12.1 Å². The summed E-state index contributed by atoms with van der Waals surface area (Å²) in [6, 6.07) is 5.77. The summed E-state index contributed by atoms with van der Waals surface area (Å²) in [5, 5.41) is 26.5. The van der Waals surface area contributed by atoms with E-state index in [0.717, 1.165) is 0 Å². The summed E-state index contributed by atoms with van der Waals surface area (Å²) >= 11 is 0. The Morgan fingerprint density at radius 2 is 1.85 bits per heavy atom. The molecule has 1 atom stereocenters. The van der Waals surface area contributed by atoms with Crippen LogP contribution >= 0.6 is 0 Å². The first-order valence-electron chi connectivity index (χ1n) is 3.31. The predicted molar refractivity (Wildman–Crippen MR) is 47.9 cm³/mol. The fourth-order valence-corrected chi connectivity index (χ4v) is 0.852. The van der Waals surface area contributed by atoms with Gasteiger partial charge < -0.3 is 15.3 Å². The minimum absolute atomic E-state index is 0. The number of aliphatic hydroxyl groups excluding tert-OH is 1. The second-order valence-corrected chi connectivity index (χ2v) is 2.30. The van der Waals surface area contributed by atoms with Crippen molar-refractivity contribution < 1.29 is 20.1 Å². The van der Waals surface area contributed by atoms with Crippen LogP contribution in [0.5, 0.6) is 5.75 Å². The summed E-state index contributed by atoms with van der Waals surface area (Å²) in [7, 11) is 0. The molecule has 1 unspecified atom stereocenters. The first-order valence-corrected chi connectivity index (χ1v) is 3.31. The average molecular weight is 192 g/mol. The van der Waals surface area contributed by atoms with Gasteiger partial charge in [-0.1, -0.05) is 18.2 Å². The topological polar surface area (TPSA) is 77.8 Å². The Labute approximate surface area is 97.1 Å². The molecule has 1 aromatic rings. The molecule has 13 heavy (non-hydrogen) atoms. The standard InChI is InChI=1S/C8H8O4.Na.H/c9-6-4-2-1-3-5(6)7(10)8(11)12;;/h1-4,7,9-10H,(H,11,12);;. The number of phenolic OH excluding ortho intramolecular Hbond substituents is 1. The van der Waals surface area contributed by atoms with Gasteiger partial charge in [-0.3, -0.25) is 0 Å². The zero-order valence-corrected chi connectivity index (χ0v) is 6.14. The normalized spacial score (nSPS) is 11.5. The van der Waals surface area contributed by atoms with E-state index in [9.17, 15) is 4.79 Å². The predicted octanol–water partition coefficient (Wildman–Crippen LogP) is -0.138. The number of hydrogen-bond donors (Lipinski definition) is 3. The van der Waals surface area contributed by atoms with Gasteiger partial charge in [0.1, 0.15) is 5.75 Å². The Morgan fingerprint density at radius 1 is 1.31 bits per heavy atom. The molecular weight excluding hydrogens is 183 g/mol. The molecule has 0 aliphatic carbocycles. The maximum absolute atomic E-state index is 10.3. The number of para-hydroxylation sites is 1. The summed E-state index contributed by atoms with van der Waals surface area (Å²) in [6.45, 7) is 0. The van der Waals surface area contributed by atoms with Crippen LogP contribution in [0.2, 0.25) is 0 Å². The number of carboxylic acid groups (broad SMARTS) is 1. The first kappa shape index (κ1) is 12.4.